The molecule has 1 aromatic rings. The van der Waals surface area contributed by atoms with Crippen molar-refractivity contribution in [2.24, 2.45) is 5.92 Å². The highest BCUT2D eigenvalue weighted by Gasteiger charge is 2.23. The van der Waals surface area contributed by atoms with Gasteiger partial charge in [-0.3, -0.25) is 4.79 Å². The lowest BCUT2D eigenvalue weighted by molar-refractivity contribution is -0.908. The van der Waals surface area contributed by atoms with Crippen LogP contribution >= 0.6 is 67.8 Å². The van der Waals surface area contributed by atoms with E-state index in [1.54, 1.807) is 0 Å². The van der Waals surface area contributed by atoms with Crippen molar-refractivity contribution in [3.63, 3.8) is 0 Å². The second kappa shape index (κ2) is 10.8. The topological polar surface area (TPSA) is 66.0 Å². The molecule has 1 aromatic carbocycles. The predicted molar refractivity (Wildman–Crippen MR) is 124 cm³/mol. The average molecular weight is 685 g/mol. The molecule has 1 aliphatic rings. The summed E-state index contributed by atoms with van der Waals surface area (Å²) >= 11 is 6.86. The molecular weight excluding hydrogens is 661 g/mol. The smallest absolute Gasteiger partial charge is 0.309 e. The van der Waals surface area contributed by atoms with E-state index in [-0.39, 0.29) is 11.9 Å². The monoisotopic (exact) mass is 685 g/mol. The van der Waals surface area contributed by atoms with Crippen LogP contribution in [0.25, 0.3) is 0 Å². The van der Waals surface area contributed by atoms with Gasteiger partial charge in [0.1, 0.15) is 26.2 Å². The molecule has 0 radical (unpaired) electrons. The van der Waals surface area contributed by atoms with Crippen molar-refractivity contribution in [1.82, 2.24) is 0 Å². The van der Waals surface area contributed by atoms with Gasteiger partial charge in [-0.2, -0.15) is 0 Å². The first-order chi connectivity index (χ1) is 11.9. The van der Waals surface area contributed by atoms with Crippen LogP contribution in [0.3, 0.4) is 0 Å². The van der Waals surface area contributed by atoms with Gasteiger partial charge in [-0.25, -0.2) is 0 Å². The van der Waals surface area contributed by atoms with Crippen LogP contribution in [-0.2, 0) is 20.7 Å². The van der Waals surface area contributed by atoms with Gasteiger partial charge in [-0.1, -0.05) is 6.92 Å². The molecule has 0 spiro atoms. The molecule has 2 rings (SSSR count). The second-order valence-corrected chi connectivity index (χ2v) is 9.54. The molecule has 0 aromatic heterocycles. The van der Waals surface area contributed by atoms with Crippen LogP contribution in [-0.4, -0.2) is 45.4 Å². The second-order valence-electron chi connectivity index (χ2n) is 6.14. The van der Waals surface area contributed by atoms with Crippen LogP contribution in [0.4, 0.5) is 5.69 Å². The highest BCUT2D eigenvalue weighted by Crippen LogP contribution is 2.31. The van der Waals surface area contributed by atoms with Gasteiger partial charge in [0.15, 0.2) is 0 Å². The molecule has 1 aliphatic heterocycles. The van der Waals surface area contributed by atoms with E-state index in [0.29, 0.717) is 13.0 Å². The van der Waals surface area contributed by atoms with Crippen molar-refractivity contribution in [1.29, 1.82) is 0 Å². The number of quaternary nitrogens is 1. The zero-order valence-corrected chi connectivity index (χ0v) is 20.7. The lowest BCUT2D eigenvalue weighted by Gasteiger charge is -2.24. The predicted octanol–water partition coefficient (Wildman–Crippen LogP) is 2.11. The SMILES string of the molecule is CCC(Cc1c(I)cc(I)c(N)c1I)C(=O)OCC[NH+]1CCOCC1. The molecule has 0 saturated carbocycles. The molecule has 0 aliphatic carbocycles. The highest BCUT2D eigenvalue weighted by atomic mass is 127. The molecule has 1 saturated heterocycles. The van der Waals surface area contributed by atoms with Crippen molar-refractivity contribution in [3.05, 3.63) is 22.3 Å². The number of hydrogen-bond acceptors (Lipinski definition) is 4. The third-order valence-electron chi connectivity index (χ3n) is 4.48. The summed E-state index contributed by atoms with van der Waals surface area (Å²) in [6.45, 7) is 6.96. The third-order valence-corrected chi connectivity index (χ3v) is 7.56. The van der Waals surface area contributed by atoms with E-state index in [1.807, 2.05) is 6.92 Å². The Hall–Kier alpha value is 0.600. The van der Waals surface area contributed by atoms with Crippen LogP contribution in [0.2, 0.25) is 0 Å². The number of nitrogen functional groups attached to an aromatic ring is 1. The number of ether oxygens (including phenoxy) is 2. The molecule has 8 heteroatoms. The van der Waals surface area contributed by atoms with Gasteiger partial charge in [0, 0.05) is 10.7 Å². The minimum Gasteiger partial charge on any atom is -0.459 e. The Morgan fingerprint density at radius 2 is 2.00 bits per heavy atom. The summed E-state index contributed by atoms with van der Waals surface area (Å²) < 4.78 is 14.2. The third kappa shape index (κ3) is 6.32. The molecule has 140 valence electrons. The Morgan fingerprint density at radius 3 is 2.64 bits per heavy atom. The minimum atomic E-state index is -0.124. The summed E-state index contributed by atoms with van der Waals surface area (Å²) in [6.07, 6.45) is 1.44. The van der Waals surface area contributed by atoms with Crippen LogP contribution in [0, 0.1) is 16.6 Å². The number of nitrogens with two attached hydrogens (primary N) is 1. The lowest BCUT2D eigenvalue weighted by Crippen LogP contribution is -3.14. The van der Waals surface area contributed by atoms with Gasteiger partial charge in [0.25, 0.3) is 0 Å². The highest BCUT2D eigenvalue weighted by molar-refractivity contribution is 14.1. The summed E-state index contributed by atoms with van der Waals surface area (Å²) in [5.74, 6) is -0.222. The number of esters is 1. The maximum atomic E-state index is 12.5. The molecule has 0 bridgehead atoms. The zero-order valence-electron chi connectivity index (χ0n) is 14.2. The summed E-state index contributed by atoms with van der Waals surface area (Å²) in [7, 11) is 0. The van der Waals surface area contributed by atoms with Crippen molar-refractivity contribution in [3.8, 4) is 0 Å². The maximum Gasteiger partial charge on any atom is 0.309 e. The number of rotatable bonds is 7. The molecule has 0 amide bonds. The van der Waals surface area contributed by atoms with Gasteiger partial charge in [-0.15, -0.1) is 0 Å². The number of hydrogen-bond donors (Lipinski definition) is 2. The van der Waals surface area contributed by atoms with Crippen LogP contribution in [0.15, 0.2) is 6.07 Å². The molecule has 5 nitrogen and oxygen atoms in total. The van der Waals surface area contributed by atoms with E-state index >= 15 is 0 Å². The first kappa shape index (κ1) is 21.9. The van der Waals surface area contributed by atoms with Crippen LogP contribution < -0.4 is 10.6 Å². The number of morpholine rings is 1. The summed E-state index contributed by atoms with van der Waals surface area (Å²) in [5, 5.41) is 0. The van der Waals surface area contributed by atoms with Crippen molar-refractivity contribution in [2.75, 3.05) is 45.2 Å². The van der Waals surface area contributed by atoms with E-state index in [4.69, 9.17) is 15.2 Å². The van der Waals surface area contributed by atoms with E-state index in [2.05, 4.69) is 73.8 Å². The standard InChI is InChI=1S/C17H23I3N2O3/c1-2-11(9-12-13(18)10-14(19)16(21)15(12)20)17(23)25-8-5-22-3-6-24-7-4-22/h10-11H,2-9,21H2,1H3/p+1. The van der Waals surface area contributed by atoms with Gasteiger partial charge in [0.05, 0.1) is 24.8 Å². The maximum absolute atomic E-state index is 12.5. The van der Waals surface area contributed by atoms with E-state index in [1.165, 1.54) is 4.90 Å². The van der Waals surface area contributed by atoms with E-state index in [9.17, 15) is 4.79 Å². The fraction of sp³-hybridized carbons (Fsp3) is 0.588. The lowest BCUT2D eigenvalue weighted by atomic mass is 9.97. The van der Waals surface area contributed by atoms with Crippen molar-refractivity contribution < 1.29 is 19.2 Å². The quantitative estimate of drug-likeness (QED) is 0.263. The molecule has 1 fully saturated rings. The fourth-order valence-electron chi connectivity index (χ4n) is 2.80. The van der Waals surface area contributed by atoms with Crippen molar-refractivity contribution in [2.45, 2.75) is 19.8 Å². The Balaban J connectivity index is 1.93. The van der Waals surface area contributed by atoms with Gasteiger partial charge < -0.3 is 20.1 Å². The number of carbonyl (C=O) groups excluding carboxylic acids is 1. The van der Waals surface area contributed by atoms with Gasteiger partial charge in [0.2, 0.25) is 0 Å². The number of benzene rings is 1. The zero-order chi connectivity index (χ0) is 18.4. The van der Waals surface area contributed by atoms with Gasteiger partial charge >= 0.3 is 5.97 Å². The number of carbonyl (C=O) groups is 1. The number of nitrogens with one attached hydrogen (secondary N) is 1. The van der Waals surface area contributed by atoms with E-state index in [0.717, 1.165) is 61.2 Å². The largest absolute Gasteiger partial charge is 0.459 e. The molecule has 1 unspecified atom stereocenters. The fourth-order valence-corrected chi connectivity index (χ4v) is 6.61. The molecule has 25 heavy (non-hydrogen) atoms. The summed E-state index contributed by atoms with van der Waals surface area (Å²) in [6, 6.07) is 2.08. The summed E-state index contributed by atoms with van der Waals surface area (Å²) in [5.41, 5.74) is 8.12. The minimum absolute atomic E-state index is 0.0983. The van der Waals surface area contributed by atoms with Crippen LogP contribution in [0.1, 0.15) is 18.9 Å². The van der Waals surface area contributed by atoms with Crippen molar-refractivity contribution >= 4 is 79.4 Å². The molecular formula is C17H24I3N2O3+. The Labute approximate surface area is 190 Å². The molecule has 1 atom stereocenters. The number of anilines is 1. The first-order valence-electron chi connectivity index (χ1n) is 8.43. The Bertz CT molecular complexity index is 607. The van der Waals surface area contributed by atoms with Crippen LogP contribution in [0.5, 0.6) is 0 Å². The Morgan fingerprint density at radius 1 is 1.32 bits per heavy atom. The first-order valence-corrected chi connectivity index (χ1v) is 11.7. The number of halogens is 3. The van der Waals surface area contributed by atoms with E-state index < -0.39 is 0 Å². The van der Waals surface area contributed by atoms with Gasteiger partial charge in [-0.05, 0) is 92.2 Å². The summed E-state index contributed by atoms with van der Waals surface area (Å²) in [4.78, 5) is 13.9. The average Bonchev–Trinajstić information content (AvgIpc) is 2.61. The normalized spacial score (nSPS) is 16.6. The Kier molecular flexibility index (Phi) is 9.47. The molecule has 3 N–H and O–H groups in total. The molecule has 1 heterocycles.